The van der Waals surface area contributed by atoms with Crippen molar-refractivity contribution in [3.63, 3.8) is 0 Å². The smallest absolute Gasteiger partial charge is 0.339 e. The van der Waals surface area contributed by atoms with Gasteiger partial charge in [-0.3, -0.25) is 0 Å². The first-order chi connectivity index (χ1) is 8.08. The lowest BCUT2D eigenvalue weighted by Crippen LogP contribution is -2.45. The van der Waals surface area contributed by atoms with Crippen molar-refractivity contribution in [2.45, 2.75) is 0 Å². The monoisotopic (exact) mass is 256 g/mol. The second kappa shape index (κ2) is 4.85. The van der Waals surface area contributed by atoms with Crippen LogP contribution in [0.3, 0.4) is 0 Å². The van der Waals surface area contributed by atoms with Crippen LogP contribution in [0, 0.1) is 0 Å². The second-order valence-corrected chi connectivity index (χ2v) is 4.36. The van der Waals surface area contributed by atoms with E-state index < -0.39 is 5.97 Å². The number of halogens is 1. The van der Waals surface area contributed by atoms with Crippen LogP contribution in [0.1, 0.15) is 10.4 Å². The van der Waals surface area contributed by atoms with Gasteiger partial charge in [-0.2, -0.15) is 0 Å². The molecular weight excluding hydrogens is 244 g/mol. The molecule has 0 unspecified atom stereocenters. The SMILES string of the molecule is CN1CCN(c2cc(C(=O)O)c(Cl)nn2)CC1. The van der Waals surface area contributed by atoms with E-state index in [0.717, 1.165) is 26.2 Å². The highest BCUT2D eigenvalue weighted by Gasteiger charge is 2.19. The van der Waals surface area contributed by atoms with Crippen molar-refractivity contribution in [3.8, 4) is 0 Å². The van der Waals surface area contributed by atoms with E-state index in [1.807, 2.05) is 11.9 Å². The van der Waals surface area contributed by atoms with Gasteiger partial charge in [0.15, 0.2) is 11.0 Å². The minimum Gasteiger partial charge on any atom is -0.478 e. The molecule has 17 heavy (non-hydrogen) atoms. The predicted octanol–water partition coefficient (Wildman–Crippen LogP) is 0.580. The zero-order chi connectivity index (χ0) is 12.4. The summed E-state index contributed by atoms with van der Waals surface area (Å²) in [5.41, 5.74) is -0.00408. The highest BCUT2D eigenvalue weighted by molar-refractivity contribution is 6.32. The number of hydrogen-bond acceptors (Lipinski definition) is 5. The zero-order valence-corrected chi connectivity index (χ0v) is 10.2. The van der Waals surface area contributed by atoms with Gasteiger partial charge < -0.3 is 14.9 Å². The first-order valence-corrected chi connectivity index (χ1v) is 5.65. The average molecular weight is 257 g/mol. The standard InChI is InChI=1S/C10H13ClN4O2/c1-14-2-4-15(5-3-14)8-6-7(10(16)17)9(11)13-12-8/h6H,2-5H2,1H3,(H,16,17). The molecule has 0 radical (unpaired) electrons. The number of aromatic carboxylic acids is 1. The molecule has 1 fully saturated rings. The Bertz CT molecular complexity index is 432. The van der Waals surface area contributed by atoms with E-state index in [-0.39, 0.29) is 10.7 Å². The van der Waals surface area contributed by atoms with Crippen molar-refractivity contribution in [3.05, 3.63) is 16.8 Å². The largest absolute Gasteiger partial charge is 0.478 e. The van der Waals surface area contributed by atoms with Crippen molar-refractivity contribution in [1.29, 1.82) is 0 Å². The molecule has 0 aliphatic carbocycles. The van der Waals surface area contributed by atoms with Crippen LogP contribution in [0.4, 0.5) is 5.82 Å². The maximum absolute atomic E-state index is 10.9. The van der Waals surface area contributed by atoms with Gasteiger partial charge in [-0.05, 0) is 7.05 Å². The highest BCUT2D eigenvalue weighted by atomic mass is 35.5. The molecule has 1 N–H and O–H groups in total. The molecule has 1 saturated heterocycles. The number of nitrogens with zero attached hydrogens (tertiary/aromatic N) is 4. The number of anilines is 1. The number of rotatable bonds is 2. The highest BCUT2D eigenvalue weighted by Crippen LogP contribution is 2.19. The Morgan fingerprint density at radius 1 is 1.35 bits per heavy atom. The van der Waals surface area contributed by atoms with Gasteiger partial charge in [0.1, 0.15) is 5.56 Å². The van der Waals surface area contributed by atoms with Crippen molar-refractivity contribution >= 4 is 23.4 Å². The van der Waals surface area contributed by atoms with E-state index in [0.29, 0.717) is 5.82 Å². The summed E-state index contributed by atoms with van der Waals surface area (Å²) in [5, 5.41) is 16.5. The van der Waals surface area contributed by atoms with Crippen molar-refractivity contribution in [1.82, 2.24) is 15.1 Å². The van der Waals surface area contributed by atoms with E-state index >= 15 is 0 Å². The number of piperazine rings is 1. The van der Waals surface area contributed by atoms with E-state index in [2.05, 4.69) is 15.1 Å². The third-order valence-electron chi connectivity index (χ3n) is 2.79. The summed E-state index contributed by atoms with van der Waals surface area (Å²) in [5.74, 6) is -0.514. The lowest BCUT2D eigenvalue weighted by atomic mass is 10.2. The van der Waals surface area contributed by atoms with Gasteiger partial charge in [0.2, 0.25) is 0 Å². The fourth-order valence-electron chi connectivity index (χ4n) is 1.71. The average Bonchev–Trinajstić information content (AvgIpc) is 2.30. The van der Waals surface area contributed by atoms with E-state index in [4.69, 9.17) is 16.7 Å². The summed E-state index contributed by atoms with van der Waals surface area (Å²) < 4.78 is 0. The molecule has 0 saturated carbocycles. The summed E-state index contributed by atoms with van der Waals surface area (Å²) in [4.78, 5) is 15.1. The first-order valence-electron chi connectivity index (χ1n) is 5.28. The maximum atomic E-state index is 10.9. The molecule has 0 atom stereocenters. The maximum Gasteiger partial charge on any atom is 0.339 e. The molecule has 1 aromatic rings. The molecule has 6 nitrogen and oxygen atoms in total. The van der Waals surface area contributed by atoms with E-state index in [1.165, 1.54) is 6.07 Å². The molecule has 0 bridgehead atoms. The van der Waals surface area contributed by atoms with Crippen LogP contribution in [0.15, 0.2) is 6.07 Å². The van der Waals surface area contributed by atoms with Gasteiger partial charge in [-0.25, -0.2) is 4.79 Å². The molecule has 0 aromatic carbocycles. The predicted molar refractivity (Wildman–Crippen MR) is 63.7 cm³/mol. The summed E-state index contributed by atoms with van der Waals surface area (Å²) >= 11 is 5.67. The van der Waals surface area contributed by atoms with E-state index in [1.54, 1.807) is 0 Å². The summed E-state index contributed by atoms with van der Waals surface area (Å²) in [6, 6.07) is 1.48. The quantitative estimate of drug-likeness (QED) is 0.835. The van der Waals surface area contributed by atoms with Crippen LogP contribution in [0.5, 0.6) is 0 Å². The lowest BCUT2D eigenvalue weighted by Gasteiger charge is -2.32. The van der Waals surface area contributed by atoms with Gasteiger partial charge in [0, 0.05) is 32.2 Å². The second-order valence-electron chi connectivity index (χ2n) is 4.00. The van der Waals surface area contributed by atoms with Crippen molar-refractivity contribution in [2.24, 2.45) is 0 Å². The van der Waals surface area contributed by atoms with Gasteiger partial charge in [-0.15, -0.1) is 10.2 Å². The van der Waals surface area contributed by atoms with Crippen LogP contribution in [-0.4, -0.2) is 59.4 Å². The topological polar surface area (TPSA) is 69.6 Å². The first kappa shape index (κ1) is 12.1. The number of carbonyl (C=O) groups is 1. The van der Waals surface area contributed by atoms with Gasteiger partial charge in [-0.1, -0.05) is 11.6 Å². The zero-order valence-electron chi connectivity index (χ0n) is 9.43. The molecule has 2 rings (SSSR count). The van der Waals surface area contributed by atoms with Crippen LogP contribution >= 0.6 is 11.6 Å². The summed E-state index contributed by atoms with van der Waals surface area (Å²) in [6.07, 6.45) is 0. The number of carboxylic acids is 1. The van der Waals surface area contributed by atoms with Crippen molar-refractivity contribution in [2.75, 3.05) is 38.1 Å². The summed E-state index contributed by atoms with van der Waals surface area (Å²) in [7, 11) is 2.05. The normalized spacial score (nSPS) is 17.2. The van der Waals surface area contributed by atoms with Crippen LogP contribution in [-0.2, 0) is 0 Å². The Kier molecular flexibility index (Phi) is 3.44. The Morgan fingerprint density at radius 2 is 2.00 bits per heavy atom. The van der Waals surface area contributed by atoms with Crippen LogP contribution in [0.2, 0.25) is 5.15 Å². The van der Waals surface area contributed by atoms with Crippen molar-refractivity contribution < 1.29 is 9.90 Å². The minimum absolute atomic E-state index is 0.00408. The molecule has 1 aliphatic heterocycles. The minimum atomic E-state index is -1.08. The molecule has 1 aromatic heterocycles. The molecule has 1 aliphatic rings. The Hall–Kier alpha value is -1.40. The van der Waals surface area contributed by atoms with Gasteiger partial charge in [0.05, 0.1) is 0 Å². The van der Waals surface area contributed by atoms with E-state index in [9.17, 15) is 4.79 Å². The molecule has 2 heterocycles. The molecule has 0 amide bonds. The number of hydrogen-bond donors (Lipinski definition) is 1. The lowest BCUT2D eigenvalue weighted by molar-refractivity contribution is 0.0696. The Morgan fingerprint density at radius 3 is 2.59 bits per heavy atom. The fourth-order valence-corrected chi connectivity index (χ4v) is 1.88. The fraction of sp³-hybridized carbons (Fsp3) is 0.500. The third kappa shape index (κ3) is 2.65. The van der Waals surface area contributed by atoms with Crippen LogP contribution < -0.4 is 4.90 Å². The Labute approximate surface area is 104 Å². The number of carboxylic acid groups (broad SMARTS) is 1. The van der Waals surface area contributed by atoms with Crippen LogP contribution in [0.25, 0.3) is 0 Å². The number of likely N-dealkylation sites (N-methyl/N-ethyl adjacent to an activating group) is 1. The third-order valence-corrected chi connectivity index (χ3v) is 3.07. The number of aromatic nitrogens is 2. The Balaban J connectivity index is 2.21. The summed E-state index contributed by atoms with van der Waals surface area (Å²) in [6.45, 7) is 3.47. The molecule has 92 valence electrons. The molecular formula is C10H13ClN4O2. The molecule has 7 heteroatoms. The molecule has 0 spiro atoms. The van der Waals surface area contributed by atoms with Gasteiger partial charge in [0.25, 0.3) is 0 Å². The van der Waals surface area contributed by atoms with Gasteiger partial charge >= 0.3 is 5.97 Å².